The molecule has 0 spiro atoms. The Bertz CT molecular complexity index is 56.0. The van der Waals surface area contributed by atoms with Crippen molar-refractivity contribution in [3.05, 3.63) is 0 Å². The minimum absolute atomic E-state index is 0. The fourth-order valence-corrected chi connectivity index (χ4v) is 0. The van der Waals surface area contributed by atoms with Gasteiger partial charge in [0.1, 0.15) is 0 Å². The number of hydrogen-bond acceptors (Lipinski definition) is 2. The van der Waals surface area contributed by atoms with Crippen LogP contribution in [-0.4, -0.2) is 8.42 Å². The molecule has 0 saturated heterocycles. The first-order chi connectivity index (χ1) is 1.73. The van der Waals surface area contributed by atoms with Crippen molar-refractivity contribution in [2.75, 3.05) is 0 Å². The highest BCUT2D eigenvalue weighted by Gasteiger charge is 1.50. The molecule has 0 N–H and O–H groups in total. The van der Waals surface area contributed by atoms with Crippen LogP contribution in [0.3, 0.4) is 0 Å². The molecule has 0 aromatic heterocycles. The van der Waals surface area contributed by atoms with Gasteiger partial charge in [-0.05, 0) is 0 Å². The standard InChI is InChI=1S/FHO2S.FH/c1-4(2)3;/h4H;1H. The van der Waals surface area contributed by atoms with E-state index in [1.807, 2.05) is 0 Å². The van der Waals surface area contributed by atoms with Gasteiger partial charge in [-0.15, -0.1) is 3.89 Å². The van der Waals surface area contributed by atoms with E-state index in [1.165, 1.54) is 0 Å². The second-order valence-corrected chi connectivity index (χ2v) is 0.638. The summed E-state index contributed by atoms with van der Waals surface area (Å²) in [6, 6.07) is 0. The van der Waals surface area contributed by atoms with Gasteiger partial charge in [-0.2, -0.15) is 8.42 Å². The molecule has 0 aromatic rings. The molecule has 5 heteroatoms. The molecule has 0 aliphatic rings. The Morgan fingerprint density at radius 2 is 1.40 bits per heavy atom. The quantitative estimate of drug-likeness (QED) is 0.336. The van der Waals surface area contributed by atoms with Crippen LogP contribution >= 0.6 is 0 Å². The lowest BCUT2D eigenvalue weighted by atomic mass is 15.9. The third kappa shape index (κ3) is 346. The van der Waals surface area contributed by atoms with Gasteiger partial charge in [0.2, 0.25) is 0 Å². The lowest BCUT2D eigenvalue weighted by molar-refractivity contribution is 0.576. The Kier molecular flexibility index (Phi) is 6.74. The van der Waals surface area contributed by atoms with Crippen molar-refractivity contribution in [2.24, 2.45) is 0 Å². The highest BCUT2D eigenvalue weighted by molar-refractivity contribution is 7.66. The summed E-state index contributed by atoms with van der Waals surface area (Å²) in [6.07, 6.45) is 0. The highest BCUT2D eigenvalue weighted by atomic mass is 32.2. The predicted molar refractivity (Wildman–Crippen MR) is 13.9 cm³/mol. The van der Waals surface area contributed by atoms with E-state index in [2.05, 4.69) is 0 Å². The normalized spacial score (nSPS) is 6.80. The molecule has 0 radical (unpaired) electrons. The summed E-state index contributed by atoms with van der Waals surface area (Å²) in [5.41, 5.74) is 0. The minimum Gasteiger partial charge on any atom is -0.269 e. The van der Waals surface area contributed by atoms with Crippen LogP contribution in [-0.2, 0) is 11.1 Å². The van der Waals surface area contributed by atoms with E-state index in [4.69, 9.17) is 8.42 Å². The molecular weight excluding hydrogens is 102 g/mol. The molecule has 2 nitrogen and oxygen atoms in total. The maximum atomic E-state index is 9.95. The zero-order valence-corrected chi connectivity index (χ0v) is 2.94. The van der Waals surface area contributed by atoms with Crippen LogP contribution in [0, 0.1) is 0 Å². The van der Waals surface area contributed by atoms with Gasteiger partial charge in [0.25, 0.3) is 11.1 Å². The molecule has 0 heterocycles. The first-order valence-electron chi connectivity index (χ1n) is 0.534. The summed E-state index contributed by atoms with van der Waals surface area (Å²) in [4.78, 5) is 0. The Morgan fingerprint density at radius 3 is 1.40 bits per heavy atom. The van der Waals surface area contributed by atoms with E-state index < -0.39 is 11.1 Å². The van der Waals surface area contributed by atoms with Crippen molar-refractivity contribution >= 4 is 11.1 Å². The predicted octanol–water partition coefficient (Wildman–Crippen LogP) is -0.365. The van der Waals surface area contributed by atoms with E-state index in [9.17, 15) is 3.89 Å². The molecule has 5 heavy (non-hydrogen) atoms. The van der Waals surface area contributed by atoms with Crippen molar-refractivity contribution in [1.29, 1.82) is 0 Å². The average molecular weight is 104 g/mol. The molecule has 0 aromatic carbocycles. The lowest BCUT2D eigenvalue weighted by Gasteiger charge is -1.36. The molecule has 0 aliphatic carbocycles. The summed E-state index contributed by atoms with van der Waals surface area (Å²) in [5.74, 6) is 0. The smallest absolute Gasteiger partial charge is 0.269 e. The van der Waals surface area contributed by atoms with Crippen LogP contribution in [0.5, 0.6) is 0 Å². The second-order valence-electron chi connectivity index (χ2n) is 0.213. The lowest BCUT2D eigenvalue weighted by Crippen LogP contribution is -1.44. The van der Waals surface area contributed by atoms with Crippen LogP contribution in [0.25, 0.3) is 0 Å². The molecular formula is H2F2O2S. The molecule has 0 atom stereocenters. The van der Waals surface area contributed by atoms with Crippen molar-refractivity contribution in [2.45, 2.75) is 0 Å². The van der Waals surface area contributed by atoms with Gasteiger partial charge in [-0.25, -0.2) is 0 Å². The van der Waals surface area contributed by atoms with Crippen LogP contribution in [0.2, 0.25) is 0 Å². The Balaban J connectivity index is 0. The molecule has 0 aliphatic heterocycles. The fourth-order valence-electron chi connectivity index (χ4n) is 0. The minimum atomic E-state index is -3.62. The summed E-state index contributed by atoms with van der Waals surface area (Å²) in [5, 5.41) is 0. The molecule has 0 unspecified atom stereocenters. The Hall–Kier alpha value is -0.190. The SMILES string of the molecule is F.O=[SH](=O)F. The summed E-state index contributed by atoms with van der Waals surface area (Å²) >= 11 is -3.62. The maximum Gasteiger partial charge on any atom is 0.292 e. The van der Waals surface area contributed by atoms with Crippen molar-refractivity contribution in [3.63, 3.8) is 0 Å². The summed E-state index contributed by atoms with van der Waals surface area (Å²) in [7, 11) is 0. The van der Waals surface area contributed by atoms with Crippen LogP contribution in [0.15, 0.2) is 0 Å². The van der Waals surface area contributed by atoms with E-state index in [-0.39, 0.29) is 4.70 Å². The van der Waals surface area contributed by atoms with Gasteiger partial charge in [-0.3, -0.25) is 4.70 Å². The van der Waals surface area contributed by atoms with Gasteiger partial charge < -0.3 is 0 Å². The van der Waals surface area contributed by atoms with Crippen molar-refractivity contribution in [1.82, 2.24) is 0 Å². The van der Waals surface area contributed by atoms with Gasteiger partial charge in [-0.1, -0.05) is 0 Å². The Labute approximate surface area is 29.2 Å². The van der Waals surface area contributed by atoms with E-state index in [0.29, 0.717) is 0 Å². The van der Waals surface area contributed by atoms with Gasteiger partial charge in [0.05, 0.1) is 0 Å². The van der Waals surface area contributed by atoms with Gasteiger partial charge in [0.15, 0.2) is 0 Å². The molecule has 0 rings (SSSR count). The third-order valence-corrected chi connectivity index (χ3v) is 0. The molecule has 0 bridgehead atoms. The second kappa shape index (κ2) is 3.81. The zero-order chi connectivity index (χ0) is 3.58. The fraction of sp³-hybridized carbons (Fsp3) is 0. The summed E-state index contributed by atoms with van der Waals surface area (Å²) in [6.45, 7) is 0. The molecule has 0 saturated carbocycles. The van der Waals surface area contributed by atoms with Crippen LogP contribution in [0.4, 0.5) is 8.59 Å². The first kappa shape index (κ1) is 8.84. The van der Waals surface area contributed by atoms with Gasteiger partial charge >= 0.3 is 0 Å². The average Bonchev–Trinajstić information content (AvgIpc) is 0.811. The van der Waals surface area contributed by atoms with E-state index >= 15 is 0 Å². The number of thiol groups is 1. The topological polar surface area (TPSA) is 34.1 Å². The molecule has 0 amide bonds. The third-order valence-electron chi connectivity index (χ3n) is 0. The van der Waals surface area contributed by atoms with E-state index in [0.717, 1.165) is 0 Å². The first-order valence-corrected chi connectivity index (χ1v) is 1.60. The van der Waals surface area contributed by atoms with Crippen LogP contribution in [0.1, 0.15) is 0 Å². The number of halogens is 2. The van der Waals surface area contributed by atoms with E-state index in [1.54, 1.807) is 0 Å². The number of rotatable bonds is 0. The largest absolute Gasteiger partial charge is 0.292 e. The van der Waals surface area contributed by atoms with Crippen LogP contribution < -0.4 is 0 Å². The summed E-state index contributed by atoms with van der Waals surface area (Å²) < 4.78 is 26.7. The Morgan fingerprint density at radius 1 is 1.40 bits per heavy atom. The van der Waals surface area contributed by atoms with Gasteiger partial charge in [0, 0.05) is 0 Å². The highest BCUT2D eigenvalue weighted by Crippen LogP contribution is 1.49. The van der Waals surface area contributed by atoms with Crippen molar-refractivity contribution in [3.8, 4) is 0 Å². The van der Waals surface area contributed by atoms with Crippen molar-refractivity contribution < 1.29 is 17.0 Å². The number of hydrogen-bond donors (Lipinski definition) is 1. The zero-order valence-electron chi connectivity index (χ0n) is 2.05. The molecule has 34 valence electrons. The maximum absolute atomic E-state index is 9.95. The molecule has 0 fully saturated rings. The monoisotopic (exact) mass is 104 g/mol.